The first-order chi connectivity index (χ1) is 9.92. The number of aliphatic carboxylic acids is 1. The summed E-state index contributed by atoms with van der Waals surface area (Å²) in [7, 11) is 1.54. The molecule has 0 bridgehead atoms. The predicted octanol–water partition coefficient (Wildman–Crippen LogP) is 2.14. The lowest BCUT2D eigenvalue weighted by atomic mass is 9.96. The van der Waals surface area contributed by atoms with E-state index in [1.165, 1.54) is 7.11 Å². The molecule has 0 aliphatic carbocycles. The highest BCUT2D eigenvalue weighted by molar-refractivity contribution is 5.66. The van der Waals surface area contributed by atoms with Gasteiger partial charge in [-0.3, -0.25) is 4.79 Å². The summed E-state index contributed by atoms with van der Waals surface area (Å²) >= 11 is 0. The smallest absolute Gasteiger partial charge is 0.303 e. The molecule has 0 aliphatic rings. The van der Waals surface area contributed by atoms with Gasteiger partial charge in [0, 0.05) is 19.4 Å². The van der Waals surface area contributed by atoms with Crippen molar-refractivity contribution in [2.75, 3.05) is 13.7 Å². The molecule has 0 aromatic rings. The SMILES string of the molecule is CO[C@@H](C=CCCCCC(=O)O)[C@@H](O)[C@H](C)C=C(C)CO. The van der Waals surface area contributed by atoms with E-state index in [0.717, 1.165) is 18.4 Å². The van der Waals surface area contributed by atoms with Gasteiger partial charge in [0.25, 0.3) is 0 Å². The molecule has 0 radical (unpaired) electrons. The number of carboxylic acids is 1. The fourth-order valence-corrected chi connectivity index (χ4v) is 2.00. The zero-order valence-electron chi connectivity index (χ0n) is 13.2. The molecule has 122 valence electrons. The summed E-state index contributed by atoms with van der Waals surface area (Å²) < 4.78 is 5.27. The number of rotatable bonds is 11. The van der Waals surface area contributed by atoms with Crippen molar-refractivity contribution in [2.45, 2.75) is 51.7 Å². The van der Waals surface area contributed by atoms with Crippen LogP contribution in [0.2, 0.25) is 0 Å². The number of methoxy groups -OCH3 is 1. The van der Waals surface area contributed by atoms with E-state index in [0.29, 0.717) is 6.42 Å². The summed E-state index contributed by atoms with van der Waals surface area (Å²) in [6.07, 6.45) is 6.85. The molecular weight excluding hydrogens is 272 g/mol. The Morgan fingerprint density at radius 1 is 1.33 bits per heavy atom. The van der Waals surface area contributed by atoms with Crippen LogP contribution in [0, 0.1) is 5.92 Å². The third-order valence-electron chi connectivity index (χ3n) is 3.28. The van der Waals surface area contributed by atoms with Crippen molar-refractivity contribution in [3.05, 3.63) is 23.8 Å². The van der Waals surface area contributed by atoms with Gasteiger partial charge in [-0.2, -0.15) is 0 Å². The van der Waals surface area contributed by atoms with E-state index in [-0.39, 0.29) is 18.9 Å². The van der Waals surface area contributed by atoms with Gasteiger partial charge < -0.3 is 20.1 Å². The van der Waals surface area contributed by atoms with Crippen molar-refractivity contribution in [3.63, 3.8) is 0 Å². The number of hydrogen-bond donors (Lipinski definition) is 3. The number of aliphatic hydroxyl groups is 2. The number of unbranched alkanes of at least 4 members (excludes halogenated alkanes) is 2. The predicted molar refractivity (Wildman–Crippen MR) is 82.1 cm³/mol. The molecule has 0 rings (SSSR count). The fourth-order valence-electron chi connectivity index (χ4n) is 2.00. The maximum absolute atomic E-state index is 10.4. The molecule has 0 spiro atoms. The number of carboxylic acid groups (broad SMARTS) is 1. The second-order valence-corrected chi connectivity index (χ2v) is 5.29. The highest BCUT2D eigenvalue weighted by atomic mass is 16.5. The topological polar surface area (TPSA) is 87.0 Å². The molecule has 0 saturated heterocycles. The van der Waals surface area contributed by atoms with Gasteiger partial charge in [0.05, 0.1) is 12.7 Å². The van der Waals surface area contributed by atoms with Crippen molar-refractivity contribution in [1.29, 1.82) is 0 Å². The van der Waals surface area contributed by atoms with Crippen molar-refractivity contribution in [1.82, 2.24) is 0 Å². The molecule has 0 aromatic heterocycles. The maximum Gasteiger partial charge on any atom is 0.303 e. The van der Waals surface area contributed by atoms with Gasteiger partial charge in [0.1, 0.15) is 6.10 Å². The van der Waals surface area contributed by atoms with Crippen LogP contribution in [0.5, 0.6) is 0 Å². The molecule has 0 saturated carbocycles. The van der Waals surface area contributed by atoms with E-state index in [1.54, 1.807) is 0 Å². The van der Waals surface area contributed by atoms with Crippen molar-refractivity contribution in [3.8, 4) is 0 Å². The Balaban J connectivity index is 4.27. The third kappa shape index (κ3) is 9.39. The molecule has 5 heteroatoms. The second-order valence-electron chi connectivity index (χ2n) is 5.29. The summed E-state index contributed by atoms with van der Waals surface area (Å²) in [4.78, 5) is 10.4. The first-order valence-corrected chi connectivity index (χ1v) is 7.29. The molecular formula is C16H28O5. The number of carbonyl (C=O) groups is 1. The Labute approximate surface area is 126 Å². The minimum absolute atomic E-state index is 0.0197. The Morgan fingerprint density at radius 2 is 2.00 bits per heavy atom. The lowest BCUT2D eigenvalue weighted by molar-refractivity contribution is -0.137. The zero-order chi connectivity index (χ0) is 16.3. The molecule has 3 N–H and O–H groups in total. The number of aliphatic hydroxyl groups excluding tert-OH is 2. The maximum atomic E-state index is 10.4. The second kappa shape index (κ2) is 11.5. The normalized spacial score (nSPS) is 16.9. The van der Waals surface area contributed by atoms with Crippen molar-refractivity contribution >= 4 is 5.97 Å². The Hall–Kier alpha value is -1.17. The van der Waals surface area contributed by atoms with Gasteiger partial charge in [-0.05, 0) is 26.2 Å². The molecule has 0 heterocycles. The van der Waals surface area contributed by atoms with Gasteiger partial charge in [-0.15, -0.1) is 0 Å². The van der Waals surface area contributed by atoms with Crippen molar-refractivity contribution in [2.24, 2.45) is 5.92 Å². The minimum Gasteiger partial charge on any atom is -0.481 e. The van der Waals surface area contributed by atoms with Crippen LogP contribution in [0.15, 0.2) is 23.8 Å². The van der Waals surface area contributed by atoms with E-state index in [4.69, 9.17) is 14.9 Å². The summed E-state index contributed by atoms with van der Waals surface area (Å²) in [5, 5.41) is 27.7. The average Bonchev–Trinajstić information content (AvgIpc) is 2.45. The monoisotopic (exact) mass is 300 g/mol. The molecule has 0 fully saturated rings. The van der Waals surface area contributed by atoms with E-state index >= 15 is 0 Å². The van der Waals surface area contributed by atoms with Gasteiger partial charge in [-0.25, -0.2) is 0 Å². The van der Waals surface area contributed by atoms with Crippen LogP contribution in [0.4, 0.5) is 0 Å². The first kappa shape index (κ1) is 19.8. The summed E-state index contributed by atoms with van der Waals surface area (Å²) in [5.74, 6) is -0.900. The Bertz CT molecular complexity index is 349. The Morgan fingerprint density at radius 3 is 2.52 bits per heavy atom. The van der Waals surface area contributed by atoms with Gasteiger partial charge in [0.2, 0.25) is 0 Å². The quantitative estimate of drug-likeness (QED) is 0.402. The van der Waals surface area contributed by atoms with Crippen LogP contribution in [0.3, 0.4) is 0 Å². The summed E-state index contributed by atoms with van der Waals surface area (Å²) in [6, 6.07) is 0. The highest BCUT2D eigenvalue weighted by Crippen LogP contribution is 2.15. The number of hydrogen-bond acceptors (Lipinski definition) is 4. The van der Waals surface area contributed by atoms with E-state index in [2.05, 4.69) is 0 Å². The molecule has 0 unspecified atom stereocenters. The van der Waals surface area contributed by atoms with Crippen LogP contribution in [-0.4, -0.2) is 47.2 Å². The van der Waals surface area contributed by atoms with Crippen molar-refractivity contribution < 1.29 is 24.9 Å². The highest BCUT2D eigenvalue weighted by Gasteiger charge is 2.21. The first-order valence-electron chi connectivity index (χ1n) is 7.29. The van der Waals surface area contributed by atoms with Crippen LogP contribution in [-0.2, 0) is 9.53 Å². The van der Waals surface area contributed by atoms with Crippen LogP contribution in [0.1, 0.15) is 39.5 Å². The fraction of sp³-hybridized carbons (Fsp3) is 0.688. The molecule has 21 heavy (non-hydrogen) atoms. The lowest BCUT2D eigenvalue weighted by Crippen LogP contribution is -2.31. The molecule has 3 atom stereocenters. The minimum atomic E-state index is -0.774. The molecule has 5 nitrogen and oxygen atoms in total. The van der Waals surface area contributed by atoms with Gasteiger partial charge in [0.15, 0.2) is 0 Å². The van der Waals surface area contributed by atoms with Crippen LogP contribution < -0.4 is 0 Å². The molecule has 0 aromatic carbocycles. The number of allylic oxidation sites excluding steroid dienone is 1. The average molecular weight is 300 g/mol. The molecule has 0 aliphatic heterocycles. The van der Waals surface area contributed by atoms with E-state index in [1.807, 2.05) is 32.1 Å². The summed E-state index contributed by atoms with van der Waals surface area (Å²) in [5.41, 5.74) is 0.814. The van der Waals surface area contributed by atoms with Crippen LogP contribution >= 0.6 is 0 Å². The van der Waals surface area contributed by atoms with Gasteiger partial charge in [-0.1, -0.05) is 30.7 Å². The summed E-state index contributed by atoms with van der Waals surface area (Å²) in [6.45, 7) is 3.66. The Kier molecular flexibility index (Phi) is 10.8. The zero-order valence-corrected chi connectivity index (χ0v) is 13.2. The van der Waals surface area contributed by atoms with E-state index in [9.17, 15) is 9.90 Å². The molecule has 0 amide bonds. The van der Waals surface area contributed by atoms with Gasteiger partial charge >= 0.3 is 5.97 Å². The number of ether oxygens (including phenoxy) is 1. The van der Waals surface area contributed by atoms with E-state index < -0.39 is 18.2 Å². The largest absolute Gasteiger partial charge is 0.481 e. The van der Waals surface area contributed by atoms with Crippen LogP contribution in [0.25, 0.3) is 0 Å². The third-order valence-corrected chi connectivity index (χ3v) is 3.28. The standard InChI is InChI=1S/C16H28O5/c1-12(11-17)10-13(2)16(20)14(21-3)8-6-4-5-7-9-15(18)19/h6,8,10,13-14,16-17,20H,4-5,7,9,11H2,1-3H3,(H,18,19)/t13-,14+,16+/m1/s1. The lowest BCUT2D eigenvalue weighted by Gasteiger charge is -2.23.